The Morgan fingerprint density at radius 3 is 2.45 bits per heavy atom. The van der Waals surface area contributed by atoms with Crippen molar-refractivity contribution in [3.63, 3.8) is 0 Å². The fraction of sp³-hybridized carbons (Fsp3) is 0.812. The van der Waals surface area contributed by atoms with Crippen molar-refractivity contribution in [3.8, 4) is 0 Å². The Hall–Kier alpha value is -0.870. The Morgan fingerprint density at radius 2 is 1.90 bits per heavy atom. The summed E-state index contributed by atoms with van der Waals surface area (Å²) in [7, 11) is 0. The van der Waals surface area contributed by atoms with Gasteiger partial charge in [0.2, 0.25) is 0 Å². The highest BCUT2D eigenvalue weighted by molar-refractivity contribution is 5.08. The second-order valence-electron chi connectivity index (χ2n) is 6.48. The molecule has 2 rings (SSSR count). The first-order chi connectivity index (χ1) is 9.54. The van der Waals surface area contributed by atoms with Crippen LogP contribution in [0.4, 0.5) is 0 Å². The van der Waals surface area contributed by atoms with Gasteiger partial charge in [-0.1, -0.05) is 12.8 Å². The third-order valence-corrected chi connectivity index (χ3v) is 4.68. The molecule has 1 aliphatic heterocycles. The molecule has 0 bridgehead atoms. The van der Waals surface area contributed by atoms with E-state index in [1.165, 1.54) is 25.7 Å². The van der Waals surface area contributed by atoms with Crippen molar-refractivity contribution in [3.05, 3.63) is 18.0 Å². The van der Waals surface area contributed by atoms with E-state index >= 15 is 0 Å². The molecule has 1 fully saturated rings. The van der Waals surface area contributed by atoms with Gasteiger partial charge in [0, 0.05) is 24.7 Å². The van der Waals surface area contributed by atoms with Gasteiger partial charge in [-0.15, -0.1) is 0 Å². The highest BCUT2D eigenvalue weighted by Crippen LogP contribution is 2.25. The van der Waals surface area contributed by atoms with Gasteiger partial charge in [-0.05, 0) is 52.3 Å². The van der Waals surface area contributed by atoms with Crippen LogP contribution in [0.25, 0.3) is 0 Å². The molecule has 1 atom stereocenters. The molecule has 1 aliphatic rings. The van der Waals surface area contributed by atoms with Crippen LogP contribution in [-0.4, -0.2) is 44.5 Å². The van der Waals surface area contributed by atoms with Crippen LogP contribution in [0.3, 0.4) is 0 Å². The Balaban J connectivity index is 1.99. The molecule has 1 N–H and O–H groups in total. The highest BCUT2D eigenvalue weighted by atomic mass is 16.3. The zero-order valence-corrected chi connectivity index (χ0v) is 13.2. The lowest BCUT2D eigenvalue weighted by Crippen LogP contribution is -2.53. The smallest absolute Gasteiger partial charge is 0.0759 e. The number of hydrogen-bond acceptors (Lipinski definition) is 3. The van der Waals surface area contributed by atoms with Crippen LogP contribution in [0.2, 0.25) is 0 Å². The summed E-state index contributed by atoms with van der Waals surface area (Å²) in [4.78, 5) is 2.47. The predicted octanol–water partition coefficient (Wildman–Crippen LogP) is 2.46. The second kappa shape index (κ2) is 6.72. The molecule has 1 aromatic rings. The van der Waals surface area contributed by atoms with Crippen LogP contribution < -0.4 is 0 Å². The zero-order valence-electron chi connectivity index (χ0n) is 13.2. The first-order valence-electron chi connectivity index (χ1n) is 7.98. The molecule has 1 unspecified atom stereocenters. The van der Waals surface area contributed by atoms with Crippen molar-refractivity contribution >= 4 is 0 Å². The first kappa shape index (κ1) is 15.5. The molecule has 20 heavy (non-hydrogen) atoms. The maximum Gasteiger partial charge on any atom is 0.0759 e. The summed E-state index contributed by atoms with van der Waals surface area (Å²) in [5, 5.41) is 15.0. The first-order valence-corrected chi connectivity index (χ1v) is 7.98. The highest BCUT2D eigenvalue weighted by Gasteiger charge is 2.34. The molecule has 0 saturated carbocycles. The van der Waals surface area contributed by atoms with Crippen LogP contribution >= 0.6 is 0 Å². The van der Waals surface area contributed by atoms with E-state index in [4.69, 9.17) is 0 Å². The standard InChI is InChI=1S/C16H29N3O/c1-4-19-13-14(12-17-19)11-15(20)16(2,3)18-9-7-5-6-8-10-18/h12-13,15,20H,4-11H2,1-3H3. The third kappa shape index (κ3) is 3.61. The van der Waals surface area contributed by atoms with Crippen LogP contribution in [-0.2, 0) is 13.0 Å². The summed E-state index contributed by atoms with van der Waals surface area (Å²) in [6.45, 7) is 9.52. The number of aliphatic hydroxyl groups is 1. The number of aromatic nitrogens is 2. The van der Waals surface area contributed by atoms with Gasteiger partial charge in [-0.3, -0.25) is 9.58 Å². The average Bonchev–Trinajstić information content (AvgIpc) is 2.70. The lowest BCUT2D eigenvalue weighted by Gasteiger charge is -2.41. The Kier molecular flexibility index (Phi) is 5.22. The summed E-state index contributed by atoms with van der Waals surface area (Å²) in [5.74, 6) is 0. The van der Waals surface area contributed by atoms with E-state index in [1.807, 2.05) is 17.1 Å². The number of rotatable bonds is 5. The number of aryl methyl sites for hydroxylation is 1. The van der Waals surface area contributed by atoms with Crippen LogP contribution in [0, 0.1) is 0 Å². The minimum atomic E-state index is -0.352. The van der Waals surface area contributed by atoms with E-state index < -0.39 is 0 Å². The van der Waals surface area contributed by atoms with E-state index in [9.17, 15) is 5.11 Å². The van der Waals surface area contributed by atoms with Crippen LogP contribution in [0.1, 0.15) is 52.0 Å². The largest absolute Gasteiger partial charge is 0.391 e. The van der Waals surface area contributed by atoms with Crippen LogP contribution in [0.5, 0.6) is 0 Å². The fourth-order valence-electron chi connectivity index (χ4n) is 3.02. The number of nitrogens with zero attached hydrogens (tertiary/aromatic N) is 3. The van der Waals surface area contributed by atoms with Crippen molar-refractivity contribution in [2.45, 2.75) is 71.1 Å². The van der Waals surface area contributed by atoms with E-state index in [0.29, 0.717) is 6.42 Å². The molecular weight excluding hydrogens is 250 g/mol. The molecule has 0 amide bonds. The molecule has 1 aromatic heterocycles. The van der Waals surface area contributed by atoms with Crippen LogP contribution in [0.15, 0.2) is 12.4 Å². The Labute approximate surface area is 122 Å². The van der Waals surface area contributed by atoms with E-state index in [-0.39, 0.29) is 11.6 Å². The molecule has 114 valence electrons. The summed E-state index contributed by atoms with van der Waals surface area (Å²) in [5.41, 5.74) is 0.959. The van der Waals surface area contributed by atoms with Gasteiger partial charge in [-0.2, -0.15) is 5.10 Å². The summed E-state index contributed by atoms with van der Waals surface area (Å²) in [6.07, 6.45) is 9.41. The third-order valence-electron chi connectivity index (χ3n) is 4.68. The zero-order chi connectivity index (χ0) is 14.6. The summed E-state index contributed by atoms with van der Waals surface area (Å²) in [6, 6.07) is 0. The van der Waals surface area contributed by atoms with Gasteiger partial charge in [0.05, 0.1) is 12.3 Å². The normalized spacial score (nSPS) is 19.8. The van der Waals surface area contributed by atoms with Crippen molar-refractivity contribution in [2.24, 2.45) is 0 Å². The molecule has 0 radical (unpaired) electrons. The SMILES string of the molecule is CCn1cc(CC(O)C(C)(C)N2CCCCCC2)cn1. The minimum Gasteiger partial charge on any atom is -0.391 e. The molecule has 4 nitrogen and oxygen atoms in total. The molecule has 0 aliphatic carbocycles. The van der Waals surface area contributed by atoms with Gasteiger partial charge >= 0.3 is 0 Å². The monoisotopic (exact) mass is 279 g/mol. The number of hydrogen-bond donors (Lipinski definition) is 1. The Morgan fingerprint density at radius 1 is 1.25 bits per heavy atom. The number of aliphatic hydroxyl groups excluding tert-OH is 1. The second-order valence-corrected chi connectivity index (χ2v) is 6.48. The molecule has 2 heterocycles. The lowest BCUT2D eigenvalue weighted by atomic mass is 9.90. The van der Waals surface area contributed by atoms with E-state index in [2.05, 4.69) is 30.8 Å². The van der Waals surface area contributed by atoms with Crippen molar-refractivity contribution < 1.29 is 5.11 Å². The van der Waals surface area contributed by atoms with E-state index in [1.54, 1.807) is 0 Å². The maximum absolute atomic E-state index is 10.7. The number of likely N-dealkylation sites (tertiary alicyclic amines) is 1. The maximum atomic E-state index is 10.7. The Bertz CT molecular complexity index is 406. The van der Waals surface area contributed by atoms with Gasteiger partial charge in [0.1, 0.15) is 0 Å². The fourth-order valence-corrected chi connectivity index (χ4v) is 3.02. The summed E-state index contributed by atoms with van der Waals surface area (Å²) < 4.78 is 1.92. The molecule has 4 heteroatoms. The molecular formula is C16H29N3O. The van der Waals surface area contributed by atoms with Gasteiger partial charge in [-0.25, -0.2) is 0 Å². The quantitative estimate of drug-likeness (QED) is 0.900. The average molecular weight is 279 g/mol. The molecule has 0 aromatic carbocycles. The van der Waals surface area contributed by atoms with Gasteiger partial charge in [0.25, 0.3) is 0 Å². The minimum absolute atomic E-state index is 0.168. The molecule has 0 spiro atoms. The van der Waals surface area contributed by atoms with Crippen molar-refractivity contribution in [1.82, 2.24) is 14.7 Å². The van der Waals surface area contributed by atoms with Gasteiger partial charge in [0.15, 0.2) is 0 Å². The van der Waals surface area contributed by atoms with Crippen molar-refractivity contribution in [1.29, 1.82) is 0 Å². The van der Waals surface area contributed by atoms with Gasteiger partial charge < -0.3 is 5.11 Å². The predicted molar refractivity (Wildman–Crippen MR) is 81.7 cm³/mol. The summed E-state index contributed by atoms with van der Waals surface area (Å²) >= 11 is 0. The van der Waals surface area contributed by atoms with E-state index in [0.717, 1.165) is 25.2 Å². The topological polar surface area (TPSA) is 41.3 Å². The molecule has 1 saturated heterocycles. The lowest BCUT2D eigenvalue weighted by molar-refractivity contribution is -0.00787. The van der Waals surface area contributed by atoms with Crippen molar-refractivity contribution in [2.75, 3.05) is 13.1 Å².